The van der Waals surface area contributed by atoms with Crippen LogP contribution in [0.5, 0.6) is 0 Å². The molecule has 0 fully saturated rings. The summed E-state index contributed by atoms with van der Waals surface area (Å²) in [6, 6.07) is 7.81. The molecule has 0 saturated carbocycles. The molecule has 0 aromatic carbocycles. The SMILES string of the molecule is C(=N\Nc1nnc(-c2cccnc2)s1)/c1cccs1. The third kappa shape index (κ3) is 3.01. The number of nitrogens with one attached hydrogen (secondary N) is 1. The van der Waals surface area contributed by atoms with Crippen molar-refractivity contribution in [1.29, 1.82) is 0 Å². The highest BCUT2D eigenvalue weighted by molar-refractivity contribution is 7.18. The Hall–Kier alpha value is -2.12. The monoisotopic (exact) mass is 287 g/mol. The molecular weight excluding hydrogens is 278 g/mol. The number of thiophene rings is 1. The van der Waals surface area contributed by atoms with Crippen molar-refractivity contribution in [3.63, 3.8) is 0 Å². The Labute approximate surface area is 117 Å². The summed E-state index contributed by atoms with van der Waals surface area (Å²) >= 11 is 3.07. The molecule has 0 unspecified atom stereocenters. The van der Waals surface area contributed by atoms with Crippen LogP contribution in [0.25, 0.3) is 10.6 Å². The van der Waals surface area contributed by atoms with Gasteiger partial charge in [0.05, 0.1) is 6.21 Å². The largest absolute Gasteiger partial charge is 0.264 e. The summed E-state index contributed by atoms with van der Waals surface area (Å²) in [4.78, 5) is 5.14. The highest BCUT2D eigenvalue weighted by Crippen LogP contribution is 2.25. The zero-order chi connectivity index (χ0) is 12.9. The van der Waals surface area contributed by atoms with E-state index < -0.39 is 0 Å². The molecule has 1 N–H and O–H groups in total. The van der Waals surface area contributed by atoms with Crippen LogP contribution in [0.15, 0.2) is 47.1 Å². The second-order valence-corrected chi connectivity index (χ2v) is 5.50. The quantitative estimate of drug-likeness (QED) is 0.591. The molecule has 3 aromatic heterocycles. The topological polar surface area (TPSA) is 63.1 Å². The van der Waals surface area contributed by atoms with Gasteiger partial charge in [-0.05, 0) is 23.6 Å². The Morgan fingerprint density at radius 3 is 3.00 bits per heavy atom. The number of hydrogen-bond acceptors (Lipinski definition) is 7. The Kier molecular flexibility index (Phi) is 3.57. The van der Waals surface area contributed by atoms with Crippen molar-refractivity contribution in [3.05, 3.63) is 46.9 Å². The molecule has 5 nitrogen and oxygen atoms in total. The van der Waals surface area contributed by atoms with Crippen LogP contribution in [0.4, 0.5) is 5.13 Å². The number of anilines is 1. The maximum Gasteiger partial charge on any atom is 0.226 e. The van der Waals surface area contributed by atoms with E-state index in [9.17, 15) is 0 Å². The number of hydrazone groups is 1. The summed E-state index contributed by atoms with van der Waals surface area (Å²) < 4.78 is 0. The molecule has 3 rings (SSSR count). The van der Waals surface area contributed by atoms with Crippen LogP contribution >= 0.6 is 22.7 Å². The summed E-state index contributed by atoms with van der Waals surface area (Å²) in [6.45, 7) is 0. The first-order valence-electron chi connectivity index (χ1n) is 5.48. The van der Waals surface area contributed by atoms with Crippen LogP contribution in [0, 0.1) is 0 Å². The fourth-order valence-corrected chi connectivity index (χ4v) is 2.66. The molecule has 0 spiro atoms. The van der Waals surface area contributed by atoms with Crippen LogP contribution in [0.3, 0.4) is 0 Å². The van der Waals surface area contributed by atoms with Gasteiger partial charge in [0, 0.05) is 22.8 Å². The van der Waals surface area contributed by atoms with Crippen molar-refractivity contribution in [2.45, 2.75) is 0 Å². The lowest BCUT2D eigenvalue weighted by atomic mass is 10.3. The molecule has 7 heteroatoms. The average Bonchev–Trinajstić information content (AvgIpc) is 3.11. The molecule has 0 aliphatic carbocycles. The number of pyridine rings is 1. The summed E-state index contributed by atoms with van der Waals surface area (Å²) in [5, 5.41) is 15.7. The van der Waals surface area contributed by atoms with Crippen LogP contribution < -0.4 is 5.43 Å². The molecule has 0 saturated heterocycles. The second kappa shape index (κ2) is 5.68. The van der Waals surface area contributed by atoms with Gasteiger partial charge >= 0.3 is 0 Å². The molecule has 0 radical (unpaired) electrons. The Balaban J connectivity index is 1.69. The van der Waals surface area contributed by atoms with Crippen molar-refractivity contribution in [2.75, 3.05) is 5.43 Å². The van der Waals surface area contributed by atoms with Crippen LogP contribution in [-0.2, 0) is 0 Å². The zero-order valence-corrected chi connectivity index (χ0v) is 11.4. The maximum atomic E-state index is 4.12. The van der Waals surface area contributed by atoms with Crippen LogP contribution in [0.1, 0.15) is 4.88 Å². The number of hydrogen-bond donors (Lipinski definition) is 1. The fraction of sp³-hybridized carbons (Fsp3) is 0. The van der Waals surface area contributed by atoms with Gasteiger partial charge in [0.1, 0.15) is 0 Å². The summed E-state index contributed by atoms with van der Waals surface area (Å²) in [5.41, 5.74) is 3.83. The van der Waals surface area contributed by atoms with Gasteiger partial charge in [-0.1, -0.05) is 17.4 Å². The van der Waals surface area contributed by atoms with Gasteiger partial charge in [0.2, 0.25) is 5.13 Å². The first-order chi connectivity index (χ1) is 9.42. The fourth-order valence-electron chi connectivity index (χ4n) is 1.39. The molecule has 0 amide bonds. The third-order valence-corrected chi connectivity index (χ3v) is 3.91. The Morgan fingerprint density at radius 2 is 2.21 bits per heavy atom. The van der Waals surface area contributed by atoms with E-state index in [1.54, 1.807) is 29.9 Å². The molecule has 0 aliphatic heterocycles. The normalized spacial score (nSPS) is 10.9. The first kappa shape index (κ1) is 11.9. The van der Waals surface area contributed by atoms with E-state index in [0.717, 1.165) is 15.4 Å². The molecule has 0 atom stereocenters. The predicted octanol–water partition coefficient (Wildman–Crippen LogP) is 3.11. The van der Waals surface area contributed by atoms with Gasteiger partial charge in [-0.2, -0.15) is 5.10 Å². The zero-order valence-electron chi connectivity index (χ0n) is 9.72. The van der Waals surface area contributed by atoms with E-state index in [1.807, 2.05) is 29.6 Å². The smallest absolute Gasteiger partial charge is 0.226 e. The van der Waals surface area contributed by atoms with Gasteiger partial charge in [0.15, 0.2) is 5.01 Å². The van der Waals surface area contributed by atoms with E-state index in [4.69, 9.17) is 0 Å². The van der Waals surface area contributed by atoms with Crippen LogP contribution in [-0.4, -0.2) is 21.4 Å². The number of nitrogens with zero attached hydrogens (tertiary/aromatic N) is 4. The minimum Gasteiger partial charge on any atom is -0.264 e. The molecular formula is C12H9N5S2. The lowest BCUT2D eigenvalue weighted by Gasteiger charge is -1.91. The molecule has 3 aromatic rings. The second-order valence-electron chi connectivity index (χ2n) is 3.54. The van der Waals surface area contributed by atoms with Gasteiger partial charge < -0.3 is 0 Å². The molecule has 0 bridgehead atoms. The van der Waals surface area contributed by atoms with Crippen molar-refractivity contribution in [2.24, 2.45) is 5.10 Å². The maximum absolute atomic E-state index is 4.12. The van der Waals surface area contributed by atoms with Crippen molar-refractivity contribution < 1.29 is 0 Å². The van der Waals surface area contributed by atoms with E-state index in [0.29, 0.717) is 5.13 Å². The average molecular weight is 287 g/mol. The lowest BCUT2D eigenvalue weighted by Crippen LogP contribution is -1.87. The minimum absolute atomic E-state index is 0.659. The molecule has 19 heavy (non-hydrogen) atoms. The summed E-state index contributed by atoms with van der Waals surface area (Å²) in [5.74, 6) is 0. The lowest BCUT2D eigenvalue weighted by molar-refractivity contribution is 1.08. The Morgan fingerprint density at radius 1 is 1.21 bits per heavy atom. The molecule has 0 aliphatic rings. The van der Waals surface area contributed by atoms with E-state index in [-0.39, 0.29) is 0 Å². The van der Waals surface area contributed by atoms with Gasteiger partial charge in [0.25, 0.3) is 0 Å². The highest BCUT2D eigenvalue weighted by Gasteiger charge is 2.05. The van der Waals surface area contributed by atoms with E-state index in [2.05, 4.69) is 25.7 Å². The van der Waals surface area contributed by atoms with Gasteiger partial charge in [-0.3, -0.25) is 10.4 Å². The summed E-state index contributed by atoms with van der Waals surface area (Å²) in [7, 11) is 0. The Bertz CT molecular complexity index is 661. The molecule has 3 heterocycles. The minimum atomic E-state index is 0.659. The van der Waals surface area contributed by atoms with Crippen molar-refractivity contribution in [1.82, 2.24) is 15.2 Å². The standard InChI is InChI=1S/C12H9N5S2/c1-3-9(7-13-5-1)11-15-17-12(19-11)16-14-8-10-4-2-6-18-10/h1-8H,(H,16,17)/b14-8+. The summed E-state index contributed by atoms with van der Waals surface area (Å²) in [6.07, 6.45) is 5.25. The number of rotatable bonds is 4. The molecule has 94 valence electrons. The van der Waals surface area contributed by atoms with Crippen molar-refractivity contribution >= 4 is 34.0 Å². The number of aromatic nitrogens is 3. The van der Waals surface area contributed by atoms with E-state index >= 15 is 0 Å². The van der Waals surface area contributed by atoms with Gasteiger partial charge in [-0.25, -0.2) is 0 Å². The van der Waals surface area contributed by atoms with Gasteiger partial charge in [-0.15, -0.1) is 21.5 Å². The van der Waals surface area contributed by atoms with Crippen LogP contribution in [0.2, 0.25) is 0 Å². The van der Waals surface area contributed by atoms with E-state index in [1.165, 1.54) is 11.3 Å². The van der Waals surface area contributed by atoms with Crippen molar-refractivity contribution in [3.8, 4) is 10.6 Å². The first-order valence-corrected chi connectivity index (χ1v) is 7.18. The third-order valence-electron chi connectivity index (χ3n) is 2.23. The predicted molar refractivity (Wildman–Crippen MR) is 78.7 cm³/mol. The highest BCUT2D eigenvalue weighted by atomic mass is 32.1.